The average Bonchev–Trinajstić information content (AvgIpc) is 2.26. The first-order chi connectivity index (χ1) is 7.19. The van der Waals surface area contributed by atoms with Crippen molar-refractivity contribution in [1.82, 2.24) is 0 Å². The summed E-state index contributed by atoms with van der Waals surface area (Å²) >= 11 is 0. The highest BCUT2D eigenvalue weighted by Crippen LogP contribution is 2.18. The number of benzene rings is 1. The SMILES string of the molecule is N/C(=N/O)c1ccc(OCCF)c(F)c1. The second-order valence-corrected chi connectivity index (χ2v) is 2.67. The lowest BCUT2D eigenvalue weighted by Gasteiger charge is -2.06. The van der Waals surface area contributed by atoms with Crippen LogP contribution in [0.5, 0.6) is 5.75 Å². The smallest absolute Gasteiger partial charge is 0.170 e. The molecule has 1 aromatic carbocycles. The van der Waals surface area contributed by atoms with Gasteiger partial charge in [-0.15, -0.1) is 0 Å². The zero-order chi connectivity index (χ0) is 11.3. The molecule has 82 valence electrons. The molecule has 0 aromatic heterocycles. The van der Waals surface area contributed by atoms with Crippen molar-refractivity contribution in [2.75, 3.05) is 13.3 Å². The summed E-state index contributed by atoms with van der Waals surface area (Å²) in [6.45, 7) is -0.902. The van der Waals surface area contributed by atoms with Crippen molar-refractivity contribution in [2.24, 2.45) is 10.9 Å². The fourth-order valence-corrected chi connectivity index (χ4v) is 0.983. The van der Waals surface area contributed by atoms with E-state index in [-0.39, 0.29) is 23.8 Å². The molecule has 0 aliphatic carbocycles. The van der Waals surface area contributed by atoms with Gasteiger partial charge in [0.15, 0.2) is 17.4 Å². The number of hydrogen-bond donors (Lipinski definition) is 2. The van der Waals surface area contributed by atoms with Crippen molar-refractivity contribution in [2.45, 2.75) is 0 Å². The molecule has 0 saturated heterocycles. The number of oxime groups is 1. The molecule has 0 atom stereocenters. The van der Waals surface area contributed by atoms with Crippen LogP contribution in [-0.2, 0) is 0 Å². The fourth-order valence-electron chi connectivity index (χ4n) is 0.983. The fraction of sp³-hybridized carbons (Fsp3) is 0.222. The van der Waals surface area contributed by atoms with Crippen molar-refractivity contribution in [1.29, 1.82) is 0 Å². The summed E-state index contributed by atoms with van der Waals surface area (Å²) in [5.74, 6) is -0.958. The molecule has 0 spiro atoms. The molecular formula is C9H10F2N2O2. The number of rotatable bonds is 4. The van der Waals surface area contributed by atoms with Gasteiger partial charge >= 0.3 is 0 Å². The molecule has 0 saturated carbocycles. The highest BCUT2D eigenvalue weighted by Gasteiger charge is 2.07. The summed E-state index contributed by atoms with van der Waals surface area (Å²) in [4.78, 5) is 0. The van der Waals surface area contributed by atoms with E-state index in [0.717, 1.165) is 6.07 Å². The predicted octanol–water partition coefficient (Wildman–Crippen LogP) is 1.27. The Morgan fingerprint density at radius 1 is 1.53 bits per heavy atom. The first-order valence-electron chi connectivity index (χ1n) is 4.15. The van der Waals surface area contributed by atoms with Gasteiger partial charge in [0.2, 0.25) is 0 Å². The lowest BCUT2D eigenvalue weighted by atomic mass is 10.2. The van der Waals surface area contributed by atoms with Crippen LogP contribution < -0.4 is 10.5 Å². The third-order valence-electron chi connectivity index (χ3n) is 1.67. The lowest BCUT2D eigenvalue weighted by molar-refractivity contribution is 0.262. The van der Waals surface area contributed by atoms with E-state index < -0.39 is 12.5 Å². The minimum atomic E-state index is -0.693. The van der Waals surface area contributed by atoms with Gasteiger partial charge in [-0.3, -0.25) is 0 Å². The van der Waals surface area contributed by atoms with Gasteiger partial charge in [0.25, 0.3) is 0 Å². The average molecular weight is 216 g/mol. The molecular weight excluding hydrogens is 206 g/mol. The van der Waals surface area contributed by atoms with E-state index in [9.17, 15) is 8.78 Å². The summed E-state index contributed by atoms with van der Waals surface area (Å²) in [5.41, 5.74) is 5.47. The number of nitrogens with zero attached hydrogens (tertiary/aromatic N) is 1. The van der Waals surface area contributed by atoms with E-state index in [1.54, 1.807) is 0 Å². The van der Waals surface area contributed by atoms with E-state index >= 15 is 0 Å². The van der Waals surface area contributed by atoms with Gasteiger partial charge in [-0.1, -0.05) is 5.16 Å². The Labute approximate surface area is 85.0 Å². The molecule has 0 fully saturated rings. The molecule has 0 aliphatic rings. The largest absolute Gasteiger partial charge is 0.488 e. The van der Waals surface area contributed by atoms with Crippen LogP contribution in [0.3, 0.4) is 0 Å². The molecule has 0 unspecified atom stereocenters. The Morgan fingerprint density at radius 3 is 2.80 bits per heavy atom. The summed E-state index contributed by atoms with van der Waals surface area (Å²) in [6.07, 6.45) is 0. The second-order valence-electron chi connectivity index (χ2n) is 2.67. The Kier molecular flexibility index (Phi) is 3.84. The van der Waals surface area contributed by atoms with Gasteiger partial charge in [0, 0.05) is 5.56 Å². The number of hydrogen-bond acceptors (Lipinski definition) is 3. The van der Waals surface area contributed by atoms with Crippen LogP contribution in [0, 0.1) is 5.82 Å². The first-order valence-corrected chi connectivity index (χ1v) is 4.15. The number of nitrogens with two attached hydrogens (primary N) is 1. The van der Waals surface area contributed by atoms with E-state index in [4.69, 9.17) is 15.7 Å². The Bertz CT molecular complexity index is 369. The molecule has 15 heavy (non-hydrogen) atoms. The maximum Gasteiger partial charge on any atom is 0.170 e. The molecule has 0 aliphatic heterocycles. The van der Waals surface area contributed by atoms with Crippen LogP contribution in [0.15, 0.2) is 23.4 Å². The van der Waals surface area contributed by atoms with Crippen molar-refractivity contribution in [3.05, 3.63) is 29.6 Å². The zero-order valence-electron chi connectivity index (χ0n) is 7.78. The summed E-state index contributed by atoms with van der Waals surface area (Å²) in [5, 5.41) is 11.1. The molecule has 0 radical (unpaired) electrons. The molecule has 0 amide bonds. The highest BCUT2D eigenvalue weighted by molar-refractivity contribution is 5.97. The molecule has 0 bridgehead atoms. The van der Waals surface area contributed by atoms with Gasteiger partial charge in [-0.25, -0.2) is 8.78 Å². The Morgan fingerprint density at radius 2 is 2.27 bits per heavy atom. The number of halogens is 2. The Balaban J connectivity index is 2.88. The second kappa shape index (κ2) is 5.14. The molecule has 6 heteroatoms. The van der Waals surface area contributed by atoms with Crippen LogP contribution in [0.4, 0.5) is 8.78 Å². The monoisotopic (exact) mass is 216 g/mol. The summed E-state index contributed by atoms with van der Waals surface area (Å²) < 4.78 is 29.7. The maximum absolute atomic E-state index is 13.2. The molecule has 0 heterocycles. The lowest BCUT2D eigenvalue weighted by Crippen LogP contribution is -2.13. The van der Waals surface area contributed by atoms with Crippen LogP contribution >= 0.6 is 0 Å². The molecule has 1 rings (SSSR count). The maximum atomic E-state index is 13.2. The summed E-state index contributed by atoms with van der Waals surface area (Å²) in [7, 11) is 0. The van der Waals surface area contributed by atoms with Gasteiger partial charge < -0.3 is 15.7 Å². The van der Waals surface area contributed by atoms with Crippen molar-refractivity contribution >= 4 is 5.84 Å². The van der Waals surface area contributed by atoms with Gasteiger partial charge in [-0.2, -0.15) is 0 Å². The van der Waals surface area contributed by atoms with E-state index in [2.05, 4.69) is 5.16 Å². The molecule has 4 nitrogen and oxygen atoms in total. The third-order valence-corrected chi connectivity index (χ3v) is 1.67. The number of ether oxygens (including phenoxy) is 1. The van der Waals surface area contributed by atoms with Crippen LogP contribution in [0.25, 0.3) is 0 Å². The van der Waals surface area contributed by atoms with E-state index in [0.29, 0.717) is 0 Å². The van der Waals surface area contributed by atoms with Crippen molar-refractivity contribution in [3.8, 4) is 5.75 Å². The van der Waals surface area contributed by atoms with Crippen LogP contribution in [-0.4, -0.2) is 24.3 Å². The topological polar surface area (TPSA) is 67.8 Å². The van der Waals surface area contributed by atoms with Crippen LogP contribution in [0.2, 0.25) is 0 Å². The normalized spacial score (nSPS) is 11.5. The summed E-state index contributed by atoms with van der Waals surface area (Å²) in [6, 6.07) is 3.74. The number of alkyl halides is 1. The first kappa shape index (κ1) is 11.2. The molecule has 1 aromatic rings. The van der Waals surface area contributed by atoms with Gasteiger partial charge in [0.05, 0.1) is 0 Å². The Hall–Kier alpha value is -1.85. The number of amidine groups is 1. The highest BCUT2D eigenvalue weighted by atomic mass is 19.1. The zero-order valence-corrected chi connectivity index (χ0v) is 7.78. The van der Waals surface area contributed by atoms with Crippen molar-refractivity contribution in [3.63, 3.8) is 0 Å². The van der Waals surface area contributed by atoms with E-state index in [1.165, 1.54) is 12.1 Å². The minimum Gasteiger partial charge on any atom is -0.488 e. The predicted molar refractivity (Wildman–Crippen MR) is 50.4 cm³/mol. The minimum absolute atomic E-state index is 0.0675. The van der Waals surface area contributed by atoms with E-state index in [1.807, 2.05) is 0 Å². The van der Waals surface area contributed by atoms with Gasteiger partial charge in [-0.05, 0) is 18.2 Å². The van der Waals surface area contributed by atoms with Gasteiger partial charge in [0.1, 0.15) is 13.3 Å². The molecule has 3 N–H and O–H groups in total. The third kappa shape index (κ3) is 2.80. The van der Waals surface area contributed by atoms with Crippen LogP contribution in [0.1, 0.15) is 5.56 Å². The standard InChI is InChI=1S/C9H10F2N2O2/c10-3-4-15-8-2-1-6(5-7(8)11)9(12)13-14/h1-2,5,14H,3-4H2,(H2,12,13). The quantitative estimate of drug-likeness (QED) is 0.344. The van der Waals surface area contributed by atoms with Crippen molar-refractivity contribution < 1.29 is 18.7 Å².